The number of hydrogen-bond acceptors (Lipinski definition) is 3. The normalized spacial score (nSPS) is 26.5. The molecule has 0 amide bonds. The summed E-state index contributed by atoms with van der Waals surface area (Å²) in [6.45, 7) is 7.03. The van der Waals surface area contributed by atoms with Crippen LogP contribution in [0.4, 0.5) is 0 Å². The number of piperidine rings is 1. The number of hydrogen-bond donors (Lipinski definition) is 2. The molecular formula is C18H30N2O. The fourth-order valence-corrected chi connectivity index (χ4v) is 3.54. The summed E-state index contributed by atoms with van der Waals surface area (Å²) in [6, 6.07) is 11.0. The standard InChI is InChI=1S/C18H30N2O/c1-15-9-11-20(16(2)13-15)12-10-18(14-21,19-3)17-7-5-4-6-8-17/h4-8,15-16,19,21H,9-14H2,1-3H3. The first kappa shape index (κ1) is 16.5. The van der Waals surface area contributed by atoms with E-state index in [4.69, 9.17) is 0 Å². The second-order valence-electron chi connectivity index (χ2n) is 6.62. The molecule has 0 aliphatic carbocycles. The molecule has 1 fully saturated rings. The van der Waals surface area contributed by atoms with Crippen molar-refractivity contribution in [1.29, 1.82) is 0 Å². The fraction of sp³-hybridized carbons (Fsp3) is 0.667. The van der Waals surface area contributed by atoms with Crippen LogP contribution < -0.4 is 5.32 Å². The van der Waals surface area contributed by atoms with Gasteiger partial charge in [-0.05, 0) is 51.3 Å². The molecule has 2 rings (SSSR count). The highest BCUT2D eigenvalue weighted by Gasteiger charge is 2.31. The molecule has 1 aromatic rings. The van der Waals surface area contributed by atoms with E-state index in [1.54, 1.807) is 0 Å². The maximum absolute atomic E-state index is 9.99. The number of nitrogens with zero attached hydrogens (tertiary/aromatic N) is 1. The van der Waals surface area contributed by atoms with Gasteiger partial charge in [-0.15, -0.1) is 0 Å². The van der Waals surface area contributed by atoms with Crippen molar-refractivity contribution in [2.24, 2.45) is 5.92 Å². The van der Waals surface area contributed by atoms with Gasteiger partial charge in [0.25, 0.3) is 0 Å². The molecule has 0 bridgehead atoms. The third-order valence-electron chi connectivity index (χ3n) is 5.18. The summed E-state index contributed by atoms with van der Waals surface area (Å²) in [4.78, 5) is 2.57. The summed E-state index contributed by atoms with van der Waals surface area (Å²) < 4.78 is 0. The molecule has 1 saturated heterocycles. The fourth-order valence-electron chi connectivity index (χ4n) is 3.54. The van der Waals surface area contributed by atoms with E-state index in [2.05, 4.69) is 36.2 Å². The van der Waals surface area contributed by atoms with Crippen molar-refractivity contribution in [3.8, 4) is 0 Å². The SMILES string of the molecule is CNC(CO)(CCN1CCC(C)CC1C)c1ccccc1. The lowest BCUT2D eigenvalue weighted by atomic mass is 9.86. The Morgan fingerprint density at radius 1 is 1.29 bits per heavy atom. The second-order valence-corrected chi connectivity index (χ2v) is 6.62. The average Bonchev–Trinajstić information content (AvgIpc) is 2.51. The predicted octanol–water partition coefficient (Wildman–Crippen LogP) is 2.60. The second kappa shape index (κ2) is 7.39. The van der Waals surface area contributed by atoms with Gasteiger partial charge in [0, 0.05) is 12.6 Å². The Morgan fingerprint density at radius 2 is 2.00 bits per heavy atom. The molecule has 3 heteroatoms. The lowest BCUT2D eigenvalue weighted by molar-refractivity contribution is 0.0942. The molecule has 0 radical (unpaired) electrons. The highest BCUT2D eigenvalue weighted by molar-refractivity contribution is 5.24. The minimum absolute atomic E-state index is 0.131. The summed E-state index contributed by atoms with van der Waals surface area (Å²) in [5.41, 5.74) is 0.845. The van der Waals surface area contributed by atoms with Crippen molar-refractivity contribution < 1.29 is 5.11 Å². The topological polar surface area (TPSA) is 35.5 Å². The zero-order chi connectivity index (χ0) is 15.3. The molecule has 1 heterocycles. The van der Waals surface area contributed by atoms with Gasteiger partial charge < -0.3 is 15.3 Å². The van der Waals surface area contributed by atoms with Crippen LogP contribution in [-0.2, 0) is 5.54 Å². The Hall–Kier alpha value is -0.900. The smallest absolute Gasteiger partial charge is 0.0678 e. The third-order valence-corrected chi connectivity index (χ3v) is 5.18. The maximum Gasteiger partial charge on any atom is 0.0678 e. The summed E-state index contributed by atoms with van der Waals surface area (Å²) in [6.07, 6.45) is 3.51. The first-order valence-electron chi connectivity index (χ1n) is 8.20. The largest absolute Gasteiger partial charge is 0.394 e. The van der Waals surface area contributed by atoms with Crippen LogP contribution in [0.2, 0.25) is 0 Å². The highest BCUT2D eigenvalue weighted by Crippen LogP contribution is 2.27. The summed E-state index contributed by atoms with van der Waals surface area (Å²) in [7, 11) is 1.95. The molecule has 0 saturated carbocycles. The first-order valence-corrected chi connectivity index (χ1v) is 8.20. The van der Waals surface area contributed by atoms with Gasteiger partial charge in [-0.3, -0.25) is 0 Å². The van der Waals surface area contributed by atoms with Crippen LogP contribution in [0.5, 0.6) is 0 Å². The number of aliphatic hydroxyl groups excluding tert-OH is 1. The first-order chi connectivity index (χ1) is 10.1. The van der Waals surface area contributed by atoms with E-state index < -0.39 is 0 Å². The van der Waals surface area contributed by atoms with Crippen molar-refractivity contribution in [3.05, 3.63) is 35.9 Å². The molecular weight excluding hydrogens is 260 g/mol. The van der Waals surface area contributed by atoms with Crippen LogP contribution in [0, 0.1) is 5.92 Å². The van der Waals surface area contributed by atoms with Gasteiger partial charge in [-0.2, -0.15) is 0 Å². The van der Waals surface area contributed by atoms with Crippen molar-refractivity contribution in [2.75, 3.05) is 26.7 Å². The van der Waals surface area contributed by atoms with Crippen LogP contribution in [0.15, 0.2) is 30.3 Å². The number of rotatable bonds is 6. The highest BCUT2D eigenvalue weighted by atomic mass is 16.3. The van der Waals surface area contributed by atoms with E-state index in [9.17, 15) is 5.11 Å². The van der Waals surface area contributed by atoms with Crippen LogP contribution in [0.25, 0.3) is 0 Å². The minimum Gasteiger partial charge on any atom is -0.394 e. The van der Waals surface area contributed by atoms with Gasteiger partial charge in [-0.1, -0.05) is 37.3 Å². The van der Waals surface area contributed by atoms with Gasteiger partial charge in [-0.25, -0.2) is 0 Å². The van der Waals surface area contributed by atoms with Gasteiger partial charge in [0.2, 0.25) is 0 Å². The summed E-state index contributed by atoms with van der Waals surface area (Å²) in [5.74, 6) is 0.845. The Balaban J connectivity index is 2.04. The Bertz CT molecular complexity index is 416. The number of likely N-dealkylation sites (tertiary alicyclic amines) is 1. The van der Waals surface area contributed by atoms with E-state index in [1.807, 2.05) is 25.2 Å². The maximum atomic E-state index is 9.99. The zero-order valence-corrected chi connectivity index (χ0v) is 13.7. The summed E-state index contributed by atoms with van der Waals surface area (Å²) >= 11 is 0. The van der Waals surface area contributed by atoms with Gasteiger partial charge in [0.15, 0.2) is 0 Å². The van der Waals surface area contributed by atoms with Crippen molar-refractivity contribution in [2.45, 2.75) is 44.7 Å². The minimum atomic E-state index is -0.329. The molecule has 21 heavy (non-hydrogen) atoms. The summed E-state index contributed by atoms with van der Waals surface area (Å²) in [5, 5.41) is 13.4. The molecule has 3 unspecified atom stereocenters. The predicted molar refractivity (Wildman–Crippen MR) is 88.3 cm³/mol. The van der Waals surface area contributed by atoms with E-state index in [0.717, 1.165) is 18.9 Å². The van der Waals surface area contributed by atoms with Crippen LogP contribution in [0.1, 0.15) is 38.7 Å². The molecule has 3 nitrogen and oxygen atoms in total. The molecule has 118 valence electrons. The van der Waals surface area contributed by atoms with E-state index >= 15 is 0 Å². The number of likely N-dealkylation sites (N-methyl/N-ethyl adjacent to an activating group) is 1. The number of nitrogens with one attached hydrogen (secondary N) is 1. The third kappa shape index (κ3) is 3.85. The molecule has 3 atom stereocenters. The van der Waals surface area contributed by atoms with Crippen LogP contribution in [-0.4, -0.2) is 42.8 Å². The van der Waals surface area contributed by atoms with Crippen molar-refractivity contribution in [3.63, 3.8) is 0 Å². The zero-order valence-electron chi connectivity index (χ0n) is 13.7. The van der Waals surface area contributed by atoms with Gasteiger partial charge >= 0.3 is 0 Å². The van der Waals surface area contributed by atoms with Crippen molar-refractivity contribution >= 4 is 0 Å². The molecule has 0 spiro atoms. The Kier molecular flexibility index (Phi) is 5.80. The lowest BCUT2D eigenvalue weighted by Gasteiger charge is -2.40. The molecule has 1 aliphatic heterocycles. The van der Waals surface area contributed by atoms with Crippen molar-refractivity contribution in [1.82, 2.24) is 10.2 Å². The quantitative estimate of drug-likeness (QED) is 0.845. The van der Waals surface area contributed by atoms with Crippen LogP contribution in [0.3, 0.4) is 0 Å². The van der Waals surface area contributed by atoms with Gasteiger partial charge in [0.05, 0.1) is 12.1 Å². The van der Waals surface area contributed by atoms with E-state index in [-0.39, 0.29) is 12.1 Å². The molecule has 1 aliphatic rings. The molecule has 2 N–H and O–H groups in total. The van der Waals surface area contributed by atoms with E-state index in [1.165, 1.54) is 24.9 Å². The molecule has 0 aromatic heterocycles. The monoisotopic (exact) mass is 290 g/mol. The van der Waals surface area contributed by atoms with Crippen LogP contribution >= 0.6 is 0 Å². The lowest BCUT2D eigenvalue weighted by Crippen LogP contribution is -2.48. The number of benzene rings is 1. The van der Waals surface area contributed by atoms with Gasteiger partial charge in [0.1, 0.15) is 0 Å². The average molecular weight is 290 g/mol. The van der Waals surface area contributed by atoms with E-state index in [0.29, 0.717) is 6.04 Å². The Morgan fingerprint density at radius 3 is 2.57 bits per heavy atom. The molecule has 1 aromatic carbocycles. The Labute approximate surface area is 129 Å². The number of aliphatic hydroxyl groups is 1.